The van der Waals surface area contributed by atoms with Gasteiger partial charge in [0, 0.05) is 24.0 Å². The second-order valence-corrected chi connectivity index (χ2v) is 5.91. The third-order valence-corrected chi connectivity index (χ3v) is 3.85. The Kier molecular flexibility index (Phi) is 6.32. The summed E-state index contributed by atoms with van der Waals surface area (Å²) < 4.78 is 5.69. The van der Waals surface area contributed by atoms with Gasteiger partial charge in [0.2, 0.25) is 0 Å². The molecule has 0 bridgehead atoms. The van der Waals surface area contributed by atoms with Crippen LogP contribution in [0.4, 0.5) is 0 Å². The molecule has 2 rings (SSSR count). The Morgan fingerprint density at radius 1 is 1.21 bits per heavy atom. The molecule has 5 heteroatoms. The lowest BCUT2D eigenvalue weighted by Crippen LogP contribution is -2.23. The minimum absolute atomic E-state index is 0.126. The highest BCUT2D eigenvalue weighted by molar-refractivity contribution is 5.94. The van der Waals surface area contributed by atoms with E-state index in [4.69, 9.17) is 10.5 Å². The Labute approximate surface area is 143 Å². The quantitative estimate of drug-likeness (QED) is 0.767. The number of nitrogens with zero attached hydrogens (tertiary/aromatic N) is 1. The number of amides is 1. The van der Waals surface area contributed by atoms with Crippen molar-refractivity contribution in [1.29, 1.82) is 0 Å². The van der Waals surface area contributed by atoms with Crippen LogP contribution in [-0.4, -0.2) is 24.0 Å². The number of nitrogens with one attached hydrogen (secondary N) is 1. The smallest absolute Gasteiger partial charge is 0.251 e. The SMILES string of the molecule is Cc1cc(C)c(CNC(=O)c2ccc(C)c(OCCCN)c2)cn1. The minimum atomic E-state index is -0.126. The summed E-state index contributed by atoms with van der Waals surface area (Å²) in [6.45, 7) is 7.52. The van der Waals surface area contributed by atoms with Crippen molar-refractivity contribution in [1.82, 2.24) is 10.3 Å². The maximum absolute atomic E-state index is 12.4. The number of hydrogen-bond acceptors (Lipinski definition) is 4. The van der Waals surface area contributed by atoms with E-state index in [2.05, 4.69) is 10.3 Å². The Bertz CT molecular complexity index is 714. The van der Waals surface area contributed by atoms with E-state index in [0.717, 1.165) is 34.6 Å². The Hall–Kier alpha value is -2.40. The van der Waals surface area contributed by atoms with Gasteiger partial charge in [-0.25, -0.2) is 0 Å². The molecule has 0 aliphatic carbocycles. The first-order chi connectivity index (χ1) is 11.5. The minimum Gasteiger partial charge on any atom is -0.493 e. The van der Waals surface area contributed by atoms with Gasteiger partial charge in [0.15, 0.2) is 0 Å². The number of aryl methyl sites for hydroxylation is 3. The number of benzene rings is 1. The van der Waals surface area contributed by atoms with E-state index in [1.165, 1.54) is 0 Å². The number of carbonyl (C=O) groups excluding carboxylic acids is 1. The number of nitrogens with two attached hydrogens (primary N) is 1. The predicted octanol–water partition coefficient (Wildman–Crippen LogP) is 2.66. The Morgan fingerprint density at radius 2 is 2.00 bits per heavy atom. The Balaban J connectivity index is 2.02. The number of rotatable bonds is 7. The topological polar surface area (TPSA) is 77.2 Å². The molecule has 0 aliphatic rings. The first kappa shape index (κ1) is 17.9. The molecule has 0 spiro atoms. The highest BCUT2D eigenvalue weighted by atomic mass is 16.5. The van der Waals surface area contributed by atoms with E-state index in [9.17, 15) is 4.79 Å². The van der Waals surface area contributed by atoms with E-state index in [0.29, 0.717) is 25.3 Å². The fourth-order valence-electron chi connectivity index (χ4n) is 2.35. The maximum atomic E-state index is 12.4. The summed E-state index contributed by atoms with van der Waals surface area (Å²) in [6, 6.07) is 7.49. The number of pyridine rings is 1. The van der Waals surface area contributed by atoms with Gasteiger partial charge in [-0.05, 0) is 68.6 Å². The lowest BCUT2D eigenvalue weighted by Gasteiger charge is -2.12. The molecule has 128 valence electrons. The van der Waals surface area contributed by atoms with Crippen molar-refractivity contribution in [3.05, 3.63) is 58.4 Å². The zero-order valence-corrected chi connectivity index (χ0v) is 14.6. The molecular weight excluding hydrogens is 302 g/mol. The summed E-state index contributed by atoms with van der Waals surface area (Å²) in [6.07, 6.45) is 2.59. The molecule has 24 heavy (non-hydrogen) atoms. The van der Waals surface area contributed by atoms with Crippen molar-refractivity contribution in [2.75, 3.05) is 13.2 Å². The average molecular weight is 327 g/mol. The fourth-order valence-corrected chi connectivity index (χ4v) is 2.35. The zero-order valence-electron chi connectivity index (χ0n) is 14.6. The fraction of sp³-hybridized carbons (Fsp3) is 0.368. The van der Waals surface area contributed by atoms with Gasteiger partial charge < -0.3 is 15.8 Å². The van der Waals surface area contributed by atoms with Crippen LogP contribution in [0.25, 0.3) is 0 Å². The van der Waals surface area contributed by atoms with E-state index >= 15 is 0 Å². The van der Waals surface area contributed by atoms with Crippen LogP contribution in [-0.2, 0) is 6.54 Å². The normalized spacial score (nSPS) is 10.5. The molecule has 0 saturated heterocycles. The first-order valence-electron chi connectivity index (χ1n) is 8.15. The third kappa shape index (κ3) is 4.80. The van der Waals surface area contributed by atoms with Crippen LogP contribution in [0.2, 0.25) is 0 Å². The molecule has 0 aliphatic heterocycles. The van der Waals surface area contributed by atoms with Gasteiger partial charge >= 0.3 is 0 Å². The molecule has 3 N–H and O–H groups in total. The number of aromatic nitrogens is 1. The van der Waals surface area contributed by atoms with Crippen molar-refractivity contribution in [2.45, 2.75) is 33.7 Å². The number of ether oxygens (including phenoxy) is 1. The third-order valence-electron chi connectivity index (χ3n) is 3.85. The van der Waals surface area contributed by atoms with E-state index in [-0.39, 0.29) is 5.91 Å². The van der Waals surface area contributed by atoms with Gasteiger partial charge in [-0.15, -0.1) is 0 Å². The highest BCUT2D eigenvalue weighted by Gasteiger charge is 2.10. The van der Waals surface area contributed by atoms with E-state index < -0.39 is 0 Å². The van der Waals surface area contributed by atoms with Gasteiger partial charge in [-0.3, -0.25) is 9.78 Å². The van der Waals surface area contributed by atoms with Crippen LogP contribution in [0.1, 0.15) is 39.2 Å². The summed E-state index contributed by atoms with van der Waals surface area (Å²) in [5, 5.41) is 2.93. The summed E-state index contributed by atoms with van der Waals surface area (Å²) >= 11 is 0. The molecule has 0 saturated carbocycles. The molecule has 1 heterocycles. The van der Waals surface area contributed by atoms with Crippen LogP contribution in [0.5, 0.6) is 5.75 Å². The molecule has 0 radical (unpaired) electrons. The van der Waals surface area contributed by atoms with Crippen molar-refractivity contribution in [3.8, 4) is 5.75 Å². The Morgan fingerprint density at radius 3 is 2.71 bits per heavy atom. The second kappa shape index (κ2) is 8.45. The molecule has 2 aromatic rings. The molecule has 5 nitrogen and oxygen atoms in total. The van der Waals surface area contributed by atoms with Crippen molar-refractivity contribution >= 4 is 5.91 Å². The summed E-state index contributed by atoms with van der Waals surface area (Å²) in [7, 11) is 0. The van der Waals surface area contributed by atoms with Gasteiger partial charge in [0.25, 0.3) is 5.91 Å². The number of carbonyl (C=O) groups is 1. The second-order valence-electron chi connectivity index (χ2n) is 5.91. The zero-order chi connectivity index (χ0) is 17.5. The lowest BCUT2D eigenvalue weighted by atomic mass is 10.1. The highest BCUT2D eigenvalue weighted by Crippen LogP contribution is 2.20. The van der Waals surface area contributed by atoms with Gasteiger partial charge in [0.1, 0.15) is 5.75 Å². The van der Waals surface area contributed by atoms with Crippen LogP contribution in [0.3, 0.4) is 0 Å². The molecule has 1 aromatic carbocycles. The van der Waals surface area contributed by atoms with Gasteiger partial charge in [-0.1, -0.05) is 6.07 Å². The molecule has 1 amide bonds. The van der Waals surface area contributed by atoms with Crippen LogP contribution >= 0.6 is 0 Å². The standard InChI is InChI=1S/C19H25N3O2/c1-13-5-6-16(10-18(13)24-8-4-7-20)19(23)22-12-17-11-21-15(3)9-14(17)2/h5-6,9-11H,4,7-8,12,20H2,1-3H3,(H,22,23). The monoisotopic (exact) mass is 327 g/mol. The van der Waals surface area contributed by atoms with E-state index in [1.807, 2.05) is 32.9 Å². The maximum Gasteiger partial charge on any atom is 0.251 e. The van der Waals surface area contributed by atoms with Crippen molar-refractivity contribution < 1.29 is 9.53 Å². The predicted molar refractivity (Wildman–Crippen MR) is 95.2 cm³/mol. The van der Waals surface area contributed by atoms with Crippen molar-refractivity contribution in [2.24, 2.45) is 5.73 Å². The van der Waals surface area contributed by atoms with Crippen LogP contribution in [0.15, 0.2) is 30.5 Å². The molecule has 0 fully saturated rings. The van der Waals surface area contributed by atoms with E-state index in [1.54, 1.807) is 18.3 Å². The van der Waals surface area contributed by atoms with Crippen molar-refractivity contribution in [3.63, 3.8) is 0 Å². The summed E-state index contributed by atoms with van der Waals surface area (Å²) in [5.74, 6) is 0.600. The molecular formula is C19H25N3O2. The molecule has 0 unspecified atom stereocenters. The lowest BCUT2D eigenvalue weighted by molar-refractivity contribution is 0.0950. The largest absolute Gasteiger partial charge is 0.493 e. The average Bonchev–Trinajstić information content (AvgIpc) is 2.55. The van der Waals surface area contributed by atoms with Crippen LogP contribution in [0, 0.1) is 20.8 Å². The van der Waals surface area contributed by atoms with Crippen LogP contribution < -0.4 is 15.8 Å². The number of hydrogen-bond donors (Lipinski definition) is 2. The summed E-state index contributed by atoms with van der Waals surface area (Å²) in [4.78, 5) is 16.7. The first-order valence-corrected chi connectivity index (χ1v) is 8.15. The summed E-state index contributed by atoms with van der Waals surface area (Å²) in [5.41, 5.74) is 10.2. The van der Waals surface area contributed by atoms with Gasteiger partial charge in [0.05, 0.1) is 6.61 Å². The van der Waals surface area contributed by atoms with Gasteiger partial charge in [-0.2, -0.15) is 0 Å². The molecule has 0 atom stereocenters. The molecule has 1 aromatic heterocycles.